The maximum absolute atomic E-state index is 12.4. The van der Waals surface area contributed by atoms with Crippen molar-refractivity contribution in [3.05, 3.63) is 35.9 Å². The number of rotatable bonds is 5. The summed E-state index contributed by atoms with van der Waals surface area (Å²) in [6.07, 6.45) is 3.92. The van der Waals surface area contributed by atoms with Gasteiger partial charge in [-0.2, -0.15) is 0 Å². The molecule has 0 saturated carbocycles. The van der Waals surface area contributed by atoms with Crippen molar-refractivity contribution in [2.45, 2.75) is 32.6 Å². The van der Waals surface area contributed by atoms with E-state index in [-0.39, 0.29) is 11.3 Å². The van der Waals surface area contributed by atoms with E-state index in [1.165, 1.54) is 5.56 Å². The molecule has 19 heavy (non-hydrogen) atoms. The molecule has 1 amide bonds. The zero-order valence-electron chi connectivity index (χ0n) is 11.7. The molecule has 0 aromatic heterocycles. The second-order valence-electron chi connectivity index (χ2n) is 5.41. The van der Waals surface area contributed by atoms with E-state index >= 15 is 0 Å². The lowest BCUT2D eigenvalue weighted by Crippen LogP contribution is -2.50. The molecule has 1 aromatic carbocycles. The molecule has 3 heteroatoms. The monoisotopic (exact) mass is 260 g/mol. The van der Waals surface area contributed by atoms with Crippen LogP contribution in [0.15, 0.2) is 30.3 Å². The van der Waals surface area contributed by atoms with E-state index in [0.717, 1.165) is 45.3 Å². The van der Waals surface area contributed by atoms with Crippen LogP contribution in [0.3, 0.4) is 0 Å². The van der Waals surface area contributed by atoms with Gasteiger partial charge in [0.05, 0.1) is 5.41 Å². The highest BCUT2D eigenvalue weighted by Crippen LogP contribution is 2.30. The van der Waals surface area contributed by atoms with Gasteiger partial charge < -0.3 is 10.6 Å². The van der Waals surface area contributed by atoms with Gasteiger partial charge in [0.25, 0.3) is 0 Å². The van der Waals surface area contributed by atoms with E-state index in [1.54, 1.807) is 0 Å². The standard InChI is InChI=1S/C16H24N2O/c1-2-16(10-6-11-17-13-16)15(19)18-12-9-14-7-4-3-5-8-14/h3-5,7-8,17H,2,6,9-13H2,1H3,(H,18,19). The number of amides is 1. The topological polar surface area (TPSA) is 41.1 Å². The number of benzene rings is 1. The van der Waals surface area contributed by atoms with Crippen LogP contribution in [0.4, 0.5) is 0 Å². The SMILES string of the molecule is CCC1(C(=O)NCCc2ccccc2)CCCNC1. The Morgan fingerprint density at radius 3 is 2.79 bits per heavy atom. The van der Waals surface area contributed by atoms with E-state index in [1.807, 2.05) is 18.2 Å². The molecule has 1 aliphatic rings. The fourth-order valence-corrected chi connectivity index (χ4v) is 2.78. The molecule has 1 atom stereocenters. The summed E-state index contributed by atoms with van der Waals surface area (Å²) >= 11 is 0. The van der Waals surface area contributed by atoms with Crippen LogP contribution in [0.2, 0.25) is 0 Å². The van der Waals surface area contributed by atoms with E-state index in [9.17, 15) is 4.79 Å². The van der Waals surface area contributed by atoms with Crippen LogP contribution in [0.1, 0.15) is 31.7 Å². The highest BCUT2D eigenvalue weighted by molar-refractivity contribution is 5.83. The van der Waals surface area contributed by atoms with Crippen molar-refractivity contribution >= 4 is 5.91 Å². The van der Waals surface area contributed by atoms with Crippen molar-refractivity contribution in [1.82, 2.24) is 10.6 Å². The molecular formula is C16H24N2O. The highest BCUT2D eigenvalue weighted by Gasteiger charge is 2.37. The average Bonchev–Trinajstić information content (AvgIpc) is 2.49. The second-order valence-corrected chi connectivity index (χ2v) is 5.41. The molecule has 1 unspecified atom stereocenters. The third-order valence-corrected chi connectivity index (χ3v) is 4.17. The highest BCUT2D eigenvalue weighted by atomic mass is 16.2. The molecule has 1 aromatic rings. The van der Waals surface area contributed by atoms with Gasteiger partial charge in [-0.25, -0.2) is 0 Å². The molecule has 2 N–H and O–H groups in total. The van der Waals surface area contributed by atoms with Crippen molar-refractivity contribution in [3.63, 3.8) is 0 Å². The summed E-state index contributed by atoms with van der Waals surface area (Å²) < 4.78 is 0. The number of hydrogen-bond donors (Lipinski definition) is 2. The Bertz CT molecular complexity index is 396. The normalized spacial score (nSPS) is 23.0. The van der Waals surface area contributed by atoms with E-state index in [2.05, 4.69) is 29.7 Å². The zero-order valence-corrected chi connectivity index (χ0v) is 11.7. The first-order valence-electron chi connectivity index (χ1n) is 7.30. The van der Waals surface area contributed by atoms with Crippen LogP contribution >= 0.6 is 0 Å². The summed E-state index contributed by atoms with van der Waals surface area (Å²) in [7, 11) is 0. The van der Waals surface area contributed by atoms with Gasteiger partial charge in [-0.05, 0) is 37.8 Å². The maximum Gasteiger partial charge on any atom is 0.227 e. The summed E-state index contributed by atoms with van der Waals surface area (Å²) in [5.41, 5.74) is 1.09. The lowest BCUT2D eigenvalue weighted by Gasteiger charge is -2.35. The summed E-state index contributed by atoms with van der Waals surface area (Å²) in [5.74, 6) is 0.220. The molecule has 0 spiro atoms. The Hall–Kier alpha value is -1.35. The van der Waals surface area contributed by atoms with Gasteiger partial charge in [0.15, 0.2) is 0 Å². The first kappa shape index (κ1) is 14.1. The van der Waals surface area contributed by atoms with Gasteiger partial charge >= 0.3 is 0 Å². The van der Waals surface area contributed by atoms with E-state index < -0.39 is 0 Å². The van der Waals surface area contributed by atoms with Crippen LogP contribution in [0.5, 0.6) is 0 Å². The molecule has 1 heterocycles. The third kappa shape index (κ3) is 3.57. The van der Waals surface area contributed by atoms with Gasteiger partial charge in [0, 0.05) is 13.1 Å². The Balaban J connectivity index is 1.83. The summed E-state index contributed by atoms with van der Waals surface area (Å²) in [6.45, 7) is 4.70. The minimum absolute atomic E-state index is 0.186. The van der Waals surface area contributed by atoms with Crippen LogP contribution in [0.25, 0.3) is 0 Å². The lowest BCUT2D eigenvalue weighted by atomic mass is 9.77. The van der Waals surface area contributed by atoms with Gasteiger partial charge in [-0.3, -0.25) is 4.79 Å². The first-order chi connectivity index (χ1) is 9.27. The smallest absolute Gasteiger partial charge is 0.227 e. The quantitative estimate of drug-likeness (QED) is 0.851. The number of carbonyl (C=O) groups is 1. The predicted molar refractivity (Wildman–Crippen MR) is 78.0 cm³/mol. The number of nitrogens with one attached hydrogen (secondary N) is 2. The Labute approximate surface area is 115 Å². The minimum atomic E-state index is -0.186. The first-order valence-corrected chi connectivity index (χ1v) is 7.30. The minimum Gasteiger partial charge on any atom is -0.355 e. The Morgan fingerprint density at radius 1 is 1.37 bits per heavy atom. The van der Waals surface area contributed by atoms with Crippen LogP contribution in [-0.4, -0.2) is 25.5 Å². The molecule has 0 bridgehead atoms. The third-order valence-electron chi connectivity index (χ3n) is 4.17. The number of carbonyl (C=O) groups excluding carboxylic acids is 1. The van der Waals surface area contributed by atoms with Crippen molar-refractivity contribution in [2.24, 2.45) is 5.41 Å². The maximum atomic E-state index is 12.4. The van der Waals surface area contributed by atoms with Crippen molar-refractivity contribution in [3.8, 4) is 0 Å². The lowest BCUT2D eigenvalue weighted by molar-refractivity contribution is -0.132. The fraction of sp³-hybridized carbons (Fsp3) is 0.562. The number of piperidine rings is 1. The molecule has 3 nitrogen and oxygen atoms in total. The Kier molecular flexibility index (Phi) is 4.97. The van der Waals surface area contributed by atoms with Crippen molar-refractivity contribution in [1.29, 1.82) is 0 Å². The van der Waals surface area contributed by atoms with E-state index in [0.29, 0.717) is 0 Å². The molecule has 0 aliphatic carbocycles. The van der Waals surface area contributed by atoms with Crippen LogP contribution in [0, 0.1) is 5.41 Å². The van der Waals surface area contributed by atoms with E-state index in [4.69, 9.17) is 0 Å². The summed E-state index contributed by atoms with van der Waals surface area (Å²) in [6, 6.07) is 10.3. The zero-order chi connectivity index (χ0) is 13.6. The average molecular weight is 260 g/mol. The Morgan fingerprint density at radius 2 is 2.16 bits per heavy atom. The molecule has 0 radical (unpaired) electrons. The second kappa shape index (κ2) is 6.71. The van der Waals surface area contributed by atoms with Crippen LogP contribution < -0.4 is 10.6 Å². The fourth-order valence-electron chi connectivity index (χ4n) is 2.78. The van der Waals surface area contributed by atoms with Gasteiger partial charge in [0.2, 0.25) is 5.91 Å². The van der Waals surface area contributed by atoms with Crippen molar-refractivity contribution < 1.29 is 4.79 Å². The molecule has 1 saturated heterocycles. The van der Waals surface area contributed by atoms with Gasteiger partial charge in [0.1, 0.15) is 0 Å². The van der Waals surface area contributed by atoms with Crippen molar-refractivity contribution in [2.75, 3.05) is 19.6 Å². The molecule has 2 rings (SSSR count). The summed E-state index contributed by atoms with van der Waals surface area (Å²) in [4.78, 5) is 12.4. The number of hydrogen-bond acceptors (Lipinski definition) is 2. The van der Waals surface area contributed by atoms with Gasteiger partial charge in [-0.1, -0.05) is 37.3 Å². The van der Waals surface area contributed by atoms with Crippen LogP contribution in [-0.2, 0) is 11.2 Å². The molecule has 104 valence electrons. The molecule has 1 aliphatic heterocycles. The summed E-state index contributed by atoms with van der Waals surface area (Å²) in [5, 5.41) is 6.47. The predicted octanol–water partition coefficient (Wildman–Crippen LogP) is 2.13. The molecular weight excluding hydrogens is 236 g/mol. The largest absolute Gasteiger partial charge is 0.355 e. The molecule has 1 fully saturated rings. The van der Waals surface area contributed by atoms with Gasteiger partial charge in [-0.15, -0.1) is 0 Å².